The predicted molar refractivity (Wildman–Crippen MR) is 121 cm³/mol. The van der Waals surface area contributed by atoms with Gasteiger partial charge in [-0.1, -0.05) is 12.1 Å². The lowest BCUT2D eigenvalue weighted by Gasteiger charge is -2.33. The SMILES string of the molecule is CC(Nc1ccccc1C(=O)O)c1cc(C#N)cc2nc(C#N)c(N3CCC(F)(F)CC3)nc12. The predicted octanol–water partition coefficient (Wildman–Crippen LogP) is 4.48. The fourth-order valence-electron chi connectivity index (χ4n) is 4.02. The highest BCUT2D eigenvalue weighted by Crippen LogP contribution is 2.33. The van der Waals surface area contributed by atoms with Crippen LogP contribution in [0.2, 0.25) is 0 Å². The first-order valence-electron chi connectivity index (χ1n) is 10.6. The summed E-state index contributed by atoms with van der Waals surface area (Å²) in [5.74, 6) is -3.63. The van der Waals surface area contributed by atoms with Crippen LogP contribution in [0.15, 0.2) is 36.4 Å². The van der Waals surface area contributed by atoms with Gasteiger partial charge < -0.3 is 15.3 Å². The number of piperidine rings is 1. The number of hydrogen-bond donors (Lipinski definition) is 2. The van der Waals surface area contributed by atoms with Gasteiger partial charge in [-0.15, -0.1) is 0 Å². The molecule has 0 amide bonds. The maximum absolute atomic E-state index is 13.7. The van der Waals surface area contributed by atoms with Crippen LogP contribution >= 0.6 is 0 Å². The number of alkyl halides is 2. The van der Waals surface area contributed by atoms with Crippen molar-refractivity contribution >= 4 is 28.5 Å². The van der Waals surface area contributed by atoms with E-state index in [-0.39, 0.29) is 43.0 Å². The van der Waals surface area contributed by atoms with E-state index in [2.05, 4.69) is 21.4 Å². The number of para-hydroxylation sites is 1. The van der Waals surface area contributed by atoms with E-state index in [0.29, 0.717) is 27.8 Å². The number of carboxylic acid groups (broad SMARTS) is 1. The van der Waals surface area contributed by atoms with Crippen LogP contribution in [0.5, 0.6) is 0 Å². The van der Waals surface area contributed by atoms with Crippen LogP contribution in [0.25, 0.3) is 11.0 Å². The first-order valence-corrected chi connectivity index (χ1v) is 10.6. The minimum Gasteiger partial charge on any atom is -0.478 e. The zero-order chi connectivity index (χ0) is 24.5. The first-order chi connectivity index (χ1) is 16.2. The fraction of sp³-hybridized carbons (Fsp3) is 0.292. The molecule has 2 aromatic carbocycles. The lowest BCUT2D eigenvalue weighted by Crippen LogP contribution is -2.40. The molecule has 4 rings (SSSR count). The Kier molecular flexibility index (Phi) is 5.99. The summed E-state index contributed by atoms with van der Waals surface area (Å²) in [6, 6.07) is 13.1. The largest absolute Gasteiger partial charge is 0.478 e. The van der Waals surface area contributed by atoms with Gasteiger partial charge in [0.25, 0.3) is 5.92 Å². The Hall–Kier alpha value is -4.31. The lowest BCUT2D eigenvalue weighted by atomic mass is 10.0. The van der Waals surface area contributed by atoms with E-state index in [1.165, 1.54) is 12.1 Å². The minimum atomic E-state index is -2.75. The number of anilines is 2. The number of aromatic nitrogens is 2. The molecule has 1 atom stereocenters. The highest BCUT2D eigenvalue weighted by Gasteiger charge is 2.35. The van der Waals surface area contributed by atoms with Crippen LogP contribution in [0.4, 0.5) is 20.3 Å². The van der Waals surface area contributed by atoms with Gasteiger partial charge in [0.2, 0.25) is 0 Å². The molecule has 1 aliphatic heterocycles. The molecular formula is C24H20F2N6O2. The Bertz CT molecular complexity index is 1350. The van der Waals surface area contributed by atoms with Crippen molar-refractivity contribution < 1.29 is 18.7 Å². The van der Waals surface area contributed by atoms with E-state index >= 15 is 0 Å². The Balaban J connectivity index is 1.81. The van der Waals surface area contributed by atoms with Crippen molar-refractivity contribution in [3.05, 3.63) is 58.8 Å². The van der Waals surface area contributed by atoms with Gasteiger partial charge in [-0.25, -0.2) is 23.5 Å². The van der Waals surface area contributed by atoms with Crippen LogP contribution < -0.4 is 10.2 Å². The number of fused-ring (bicyclic) bond motifs is 1. The van der Waals surface area contributed by atoms with Crippen molar-refractivity contribution in [2.45, 2.75) is 31.7 Å². The van der Waals surface area contributed by atoms with Crippen LogP contribution in [-0.4, -0.2) is 40.1 Å². The van der Waals surface area contributed by atoms with Crippen molar-refractivity contribution in [2.24, 2.45) is 0 Å². The molecule has 1 aliphatic rings. The molecule has 1 saturated heterocycles. The Morgan fingerprint density at radius 3 is 2.53 bits per heavy atom. The molecule has 2 N–H and O–H groups in total. The molecule has 34 heavy (non-hydrogen) atoms. The molecule has 10 heteroatoms. The molecule has 1 aromatic heterocycles. The van der Waals surface area contributed by atoms with E-state index < -0.39 is 17.9 Å². The standard InChI is InChI=1S/C24H20F2N6O2/c1-14(29-18-5-3-2-4-16(18)23(33)34)17-10-15(12-27)11-19-21(17)31-22(20(13-28)30-19)32-8-6-24(25,26)7-9-32/h2-5,10-11,14,29H,6-9H2,1H3,(H,33,34). The van der Waals surface area contributed by atoms with Crippen LogP contribution in [0.3, 0.4) is 0 Å². The van der Waals surface area contributed by atoms with Crippen molar-refractivity contribution in [3.8, 4) is 12.1 Å². The van der Waals surface area contributed by atoms with E-state index in [4.69, 9.17) is 0 Å². The van der Waals surface area contributed by atoms with E-state index in [1.807, 2.05) is 6.07 Å². The number of hydrogen-bond acceptors (Lipinski definition) is 7. The Morgan fingerprint density at radius 1 is 1.18 bits per heavy atom. The number of carboxylic acids is 1. The number of benzene rings is 2. The van der Waals surface area contributed by atoms with Gasteiger partial charge in [0.1, 0.15) is 6.07 Å². The Labute approximate surface area is 194 Å². The second kappa shape index (κ2) is 8.91. The summed E-state index contributed by atoms with van der Waals surface area (Å²) < 4.78 is 27.3. The quantitative estimate of drug-likeness (QED) is 0.568. The second-order valence-electron chi connectivity index (χ2n) is 8.11. The zero-order valence-electron chi connectivity index (χ0n) is 18.2. The number of nitrogens with one attached hydrogen (secondary N) is 1. The molecule has 0 saturated carbocycles. The molecule has 2 heterocycles. The monoisotopic (exact) mass is 462 g/mol. The Morgan fingerprint density at radius 2 is 1.88 bits per heavy atom. The maximum Gasteiger partial charge on any atom is 0.337 e. The number of halogens is 2. The van der Waals surface area contributed by atoms with Gasteiger partial charge in [0.15, 0.2) is 11.5 Å². The van der Waals surface area contributed by atoms with E-state index in [1.54, 1.807) is 36.1 Å². The molecule has 0 aliphatic carbocycles. The minimum absolute atomic E-state index is 0.00408. The van der Waals surface area contributed by atoms with Gasteiger partial charge in [0, 0.05) is 37.2 Å². The van der Waals surface area contributed by atoms with Gasteiger partial charge in [0.05, 0.1) is 34.3 Å². The zero-order valence-corrected chi connectivity index (χ0v) is 18.2. The molecule has 0 spiro atoms. The van der Waals surface area contributed by atoms with E-state index in [9.17, 15) is 29.2 Å². The number of aromatic carboxylic acids is 1. The van der Waals surface area contributed by atoms with Gasteiger partial charge >= 0.3 is 5.97 Å². The summed E-state index contributed by atoms with van der Waals surface area (Å²) in [5.41, 5.74) is 2.05. The summed E-state index contributed by atoms with van der Waals surface area (Å²) in [7, 11) is 0. The molecule has 0 bridgehead atoms. The summed E-state index contributed by atoms with van der Waals surface area (Å²) in [6.45, 7) is 1.86. The molecule has 172 valence electrons. The van der Waals surface area contributed by atoms with Crippen molar-refractivity contribution in [1.29, 1.82) is 10.5 Å². The average Bonchev–Trinajstić information content (AvgIpc) is 2.82. The smallest absolute Gasteiger partial charge is 0.337 e. The number of nitriles is 2. The molecule has 1 unspecified atom stereocenters. The van der Waals surface area contributed by atoms with Gasteiger partial charge in [-0.05, 0) is 31.2 Å². The van der Waals surface area contributed by atoms with Crippen LogP contribution in [-0.2, 0) is 0 Å². The summed E-state index contributed by atoms with van der Waals surface area (Å²) in [6.07, 6.45) is -0.691. The van der Waals surface area contributed by atoms with Gasteiger partial charge in [-0.2, -0.15) is 10.5 Å². The molecule has 3 aromatic rings. The maximum atomic E-state index is 13.7. The second-order valence-corrected chi connectivity index (χ2v) is 8.11. The average molecular weight is 462 g/mol. The normalized spacial score (nSPS) is 15.9. The topological polar surface area (TPSA) is 126 Å². The lowest BCUT2D eigenvalue weighted by molar-refractivity contribution is -0.0221. The van der Waals surface area contributed by atoms with E-state index in [0.717, 1.165) is 0 Å². The van der Waals surface area contributed by atoms with Crippen molar-refractivity contribution in [3.63, 3.8) is 0 Å². The third kappa shape index (κ3) is 4.44. The van der Waals surface area contributed by atoms with Crippen LogP contribution in [0, 0.1) is 22.7 Å². The molecule has 8 nitrogen and oxygen atoms in total. The fourth-order valence-corrected chi connectivity index (χ4v) is 4.02. The number of carbonyl (C=O) groups is 1. The van der Waals surface area contributed by atoms with Crippen molar-refractivity contribution in [1.82, 2.24) is 9.97 Å². The summed E-state index contributed by atoms with van der Waals surface area (Å²) >= 11 is 0. The number of nitrogens with zero attached hydrogens (tertiary/aromatic N) is 5. The molecule has 1 fully saturated rings. The highest BCUT2D eigenvalue weighted by molar-refractivity contribution is 5.94. The summed E-state index contributed by atoms with van der Waals surface area (Å²) in [5, 5.41) is 31.8. The molecular weight excluding hydrogens is 442 g/mol. The third-order valence-electron chi connectivity index (χ3n) is 5.81. The van der Waals surface area contributed by atoms with Gasteiger partial charge in [-0.3, -0.25) is 0 Å². The van der Waals surface area contributed by atoms with Crippen molar-refractivity contribution in [2.75, 3.05) is 23.3 Å². The van der Waals surface area contributed by atoms with Crippen LogP contribution in [0.1, 0.15) is 53.0 Å². The molecule has 0 radical (unpaired) electrons. The number of rotatable bonds is 5. The third-order valence-corrected chi connectivity index (χ3v) is 5.81. The summed E-state index contributed by atoms with van der Waals surface area (Å²) in [4.78, 5) is 22.2. The highest BCUT2D eigenvalue weighted by atomic mass is 19.3. The first kappa shape index (κ1) is 22.9.